The van der Waals surface area contributed by atoms with Crippen LogP contribution in [0.1, 0.15) is 61.0 Å². The van der Waals surface area contributed by atoms with Crippen molar-refractivity contribution in [1.82, 2.24) is 20.4 Å². The molecule has 0 saturated heterocycles. The smallest absolute Gasteiger partial charge is 0.234 e. The zero-order valence-corrected chi connectivity index (χ0v) is 15.2. The molecule has 1 amide bonds. The van der Waals surface area contributed by atoms with Crippen molar-refractivity contribution in [2.24, 2.45) is 0 Å². The summed E-state index contributed by atoms with van der Waals surface area (Å²) in [5, 5.41) is 7.05. The summed E-state index contributed by atoms with van der Waals surface area (Å²) in [5.74, 6) is 1.80. The summed E-state index contributed by atoms with van der Waals surface area (Å²) in [4.78, 5) is 18.6. The minimum absolute atomic E-state index is 0.0155. The fourth-order valence-corrected chi connectivity index (χ4v) is 2.92. The van der Waals surface area contributed by atoms with Crippen molar-refractivity contribution >= 4 is 5.91 Å². The van der Waals surface area contributed by atoms with E-state index >= 15 is 0 Å². The number of nitrogens with one attached hydrogen (secondary N) is 1. The standard InChI is InChI=1S/C19H26N4O2/c1-13-7-9-15(10-8-13)14(2)20-18(24)12-23(3)11-17-21-19(25-22-17)16-5-4-6-16/h7-10,14,16H,4-6,11-12H2,1-3H3,(H,20,24). The second-order valence-electron chi connectivity index (χ2n) is 7.05. The normalized spacial score (nSPS) is 15.8. The van der Waals surface area contributed by atoms with E-state index < -0.39 is 0 Å². The van der Waals surface area contributed by atoms with E-state index in [1.807, 2.05) is 31.0 Å². The number of nitrogens with zero attached hydrogens (tertiary/aromatic N) is 3. The third kappa shape index (κ3) is 4.66. The minimum atomic E-state index is -0.0168. The van der Waals surface area contributed by atoms with E-state index in [9.17, 15) is 4.79 Å². The van der Waals surface area contributed by atoms with E-state index in [2.05, 4.69) is 34.5 Å². The second-order valence-corrected chi connectivity index (χ2v) is 7.05. The van der Waals surface area contributed by atoms with E-state index in [-0.39, 0.29) is 11.9 Å². The van der Waals surface area contributed by atoms with Gasteiger partial charge in [0.1, 0.15) is 0 Å². The Kier molecular flexibility index (Phi) is 5.48. The summed E-state index contributed by atoms with van der Waals surface area (Å²) < 4.78 is 5.32. The van der Waals surface area contributed by atoms with Gasteiger partial charge in [-0.2, -0.15) is 4.98 Å². The monoisotopic (exact) mass is 342 g/mol. The van der Waals surface area contributed by atoms with Gasteiger partial charge >= 0.3 is 0 Å². The van der Waals surface area contributed by atoms with Crippen LogP contribution in [0.4, 0.5) is 0 Å². The molecule has 0 bridgehead atoms. The van der Waals surface area contributed by atoms with Crippen LogP contribution in [0.15, 0.2) is 28.8 Å². The Morgan fingerprint density at radius 2 is 2.08 bits per heavy atom. The van der Waals surface area contributed by atoms with Crippen LogP contribution >= 0.6 is 0 Å². The molecule has 2 aromatic rings. The van der Waals surface area contributed by atoms with Gasteiger partial charge in [-0.1, -0.05) is 41.4 Å². The summed E-state index contributed by atoms with van der Waals surface area (Å²) in [5.41, 5.74) is 2.31. The average molecular weight is 342 g/mol. The van der Waals surface area contributed by atoms with E-state index in [1.165, 1.54) is 12.0 Å². The van der Waals surface area contributed by atoms with Crippen LogP contribution < -0.4 is 5.32 Å². The Morgan fingerprint density at radius 1 is 1.36 bits per heavy atom. The molecule has 1 N–H and O–H groups in total. The first kappa shape index (κ1) is 17.6. The lowest BCUT2D eigenvalue weighted by Gasteiger charge is -2.20. The summed E-state index contributed by atoms with van der Waals surface area (Å²) in [6, 6.07) is 8.19. The molecule has 1 fully saturated rings. The lowest BCUT2D eigenvalue weighted by molar-refractivity contribution is -0.122. The molecule has 25 heavy (non-hydrogen) atoms. The summed E-state index contributed by atoms with van der Waals surface area (Å²) in [6.07, 6.45) is 3.51. The first-order valence-corrected chi connectivity index (χ1v) is 8.88. The molecule has 1 heterocycles. The van der Waals surface area contributed by atoms with Gasteiger partial charge in [0, 0.05) is 5.92 Å². The quantitative estimate of drug-likeness (QED) is 0.837. The van der Waals surface area contributed by atoms with Crippen LogP contribution in [0, 0.1) is 6.92 Å². The minimum Gasteiger partial charge on any atom is -0.348 e. The lowest BCUT2D eigenvalue weighted by atomic mass is 9.85. The van der Waals surface area contributed by atoms with Gasteiger partial charge in [0.25, 0.3) is 0 Å². The van der Waals surface area contributed by atoms with Crippen molar-refractivity contribution in [3.8, 4) is 0 Å². The summed E-state index contributed by atoms with van der Waals surface area (Å²) in [6.45, 7) is 4.84. The molecule has 134 valence electrons. The van der Waals surface area contributed by atoms with Crippen molar-refractivity contribution in [2.45, 2.75) is 51.6 Å². The predicted octanol–water partition coefficient (Wildman–Crippen LogP) is 2.95. The molecule has 0 spiro atoms. The molecule has 1 atom stereocenters. The highest BCUT2D eigenvalue weighted by Gasteiger charge is 2.25. The van der Waals surface area contributed by atoms with Crippen LogP contribution in [0.2, 0.25) is 0 Å². The summed E-state index contributed by atoms with van der Waals surface area (Å²) in [7, 11) is 1.88. The molecule has 6 heteroatoms. The lowest BCUT2D eigenvalue weighted by Crippen LogP contribution is -2.36. The Hall–Kier alpha value is -2.21. The number of hydrogen-bond donors (Lipinski definition) is 1. The van der Waals surface area contributed by atoms with E-state index in [1.54, 1.807) is 0 Å². The van der Waals surface area contributed by atoms with Gasteiger partial charge in [0.05, 0.1) is 19.1 Å². The number of aromatic nitrogens is 2. The van der Waals surface area contributed by atoms with E-state index in [4.69, 9.17) is 4.52 Å². The highest BCUT2D eigenvalue weighted by molar-refractivity contribution is 5.78. The number of carbonyl (C=O) groups is 1. The largest absolute Gasteiger partial charge is 0.348 e. The fraction of sp³-hybridized carbons (Fsp3) is 0.526. The van der Waals surface area contributed by atoms with Crippen molar-refractivity contribution in [3.63, 3.8) is 0 Å². The van der Waals surface area contributed by atoms with E-state index in [0.717, 1.165) is 24.3 Å². The van der Waals surface area contributed by atoms with E-state index in [0.29, 0.717) is 24.8 Å². The van der Waals surface area contributed by atoms with Crippen LogP contribution in [0.5, 0.6) is 0 Å². The number of aryl methyl sites for hydroxylation is 1. The molecule has 3 rings (SSSR count). The Balaban J connectivity index is 1.46. The molecule has 1 aromatic carbocycles. The van der Waals surface area contributed by atoms with Gasteiger partial charge in [-0.05, 0) is 39.3 Å². The van der Waals surface area contributed by atoms with Gasteiger partial charge in [-0.3, -0.25) is 9.69 Å². The maximum Gasteiger partial charge on any atom is 0.234 e. The molecular weight excluding hydrogens is 316 g/mol. The molecule has 6 nitrogen and oxygen atoms in total. The van der Waals surface area contributed by atoms with Crippen LogP contribution in [-0.2, 0) is 11.3 Å². The topological polar surface area (TPSA) is 71.3 Å². The average Bonchev–Trinajstić information content (AvgIpc) is 2.93. The number of benzene rings is 1. The number of amides is 1. The molecular formula is C19H26N4O2. The zero-order valence-electron chi connectivity index (χ0n) is 15.2. The van der Waals surface area contributed by atoms with Gasteiger partial charge in [0.2, 0.25) is 11.8 Å². The number of likely N-dealkylation sites (N-methyl/N-ethyl adjacent to an activating group) is 1. The third-order valence-corrected chi connectivity index (χ3v) is 4.72. The Morgan fingerprint density at radius 3 is 2.72 bits per heavy atom. The van der Waals surface area contributed by atoms with Gasteiger partial charge in [0.15, 0.2) is 5.82 Å². The predicted molar refractivity (Wildman–Crippen MR) is 95.0 cm³/mol. The maximum atomic E-state index is 12.2. The fourth-order valence-electron chi connectivity index (χ4n) is 2.92. The first-order chi connectivity index (χ1) is 12.0. The first-order valence-electron chi connectivity index (χ1n) is 8.88. The SMILES string of the molecule is Cc1ccc(C(C)NC(=O)CN(C)Cc2noc(C3CCC3)n2)cc1. The van der Waals surface area contributed by atoms with Gasteiger partial charge in [-0.25, -0.2) is 0 Å². The van der Waals surface area contributed by atoms with Crippen molar-refractivity contribution in [2.75, 3.05) is 13.6 Å². The van der Waals surface area contributed by atoms with Crippen LogP contribution in [-0.4, -0.2) is 34.5 Å². The van der Waals surface area contributed by atoms with Gasteiger partial charge < -0.3 is 9.84 Å². The Labute approximate surface area is 148 Å². The molecule has 1 saturated carbocycles. The molecule has 1 aromatic heterocycles. The zero-order chi connectivity index (χ0) is 17.8. The molecule has 1 aliphatic rings. The number of rotatable bonds is 7. The number of carbonyl (C=O) groups excluding carboxylic acids is 1. The van der Waals surface area contributed by atoms with Gasteiger partial charge in [-0.15, -0.1) is 0 Å². The molecule has 0 radical (unpaired) electrons. The third-order valence-electron chi connectivity index (χ3n) is 4.72. The maximum absolute atomic E-state index is 12.2. The van der Waals surface area contributed by atoms with Crippen molar-refractivity contribution < 1.29 is 9.32 Å². The molecule has 0 aliphatic heterocycles. The molecule has 1 aliphatic carbocycles. The highest BCUT2D eigenvalue weighted by atomic mass is 16.5. The van der Waals surface area contributed by atoms with Crippen molar-refractivity contribution in [3.05, 3.63) is 47.1 Å². The number of hydrogen-bond acceptors (Lipinski definition) is 5. The summed E-state index contributed by atoms with van der Waals surface area (Å²) >= 11 is 0. The molecule has 1 unspecified atom stereocenters. The van der Waals surface area contributed by atoms with Crippen LogP contribution in [0.3, 0.4) is 0 Å². The second kappa shape index (κ2) is 7.78. The Bertz CT molecular complexity index is 706. The van der Waals surface area contributed by atoms with Crippen molar-refractivity contribution in [1.29, 1.82) is 0 Å². The highest BCUT2D eigenvalue weighted by Crippen LogP contribution is 2.35. The van der Waals surface area contributed by atoms with Crippen LogP contribution in [0.25, 0.3) is 0 Å².